The van der Waals surface area contributed by atoms with Crippen molar-refractivity contribution in [2.45, 2.75) is 45.1 Å². The van der Waals surface area contributed by atoms with E-state index in [0.717, 1.165) is 19.3 Å². The van der Waals surface area contributed by atoms with Crippen LogP contribution in [-0.2, 0) is 11.2 Å². The predicted octanol–water partition coefficient (Wildman–Crippen LogP) is 3.32. The van der Waals surface area contributed by atoms with E-state index in [4.69, 9.17) is 0 Å². The van der Waals surface area contributed by atoms with Crippen molar-refractivity contribution < 1.29 is 4.79 Å². The van der Waals surface area contributed by atoms with Gasteiger partial charge >= 0.3 is 0 Å². The van der Waals surface area contributed by atoms with Gasteiger partial charge in [0.1, 0.15) is 0 Å². The third kappa shape index (κ3) is 2.51. The van der Waals surface area contributed by atoms with Gasteiger partial charge < -0.3 is 4.90 Å². The first-order valence-corrected chi connectivity index (χ1v) is 6.57. The van der Waals surface area contributed by atoms with Gasteiger partial charge in [-0.3, -0.25) is 4.79 Å². The Bertz CT molecular complexity index is 400. The average molecular weight is 231 g/mol. The third-order valence-electron chi connectivity index (χ3n) is 3.66. The lowest BCUT2D eigenvalue weighted by atomic mass is 9.87. The van der Waals surface area contributed by atoms with Crippen LogP contribution >= 0.6 is 0 Å². The molecule has 0 saturated heterocycles. The van der Waals surface area contributed by atoms with Gasteiger partial charge in [-0.1, -0.05) is 31.2 Å². The van der Waals surface area contributed by atoms with Crippen molar-refractivity contribution in [3.8, 4) is 0 Å². The van der Waals surface area contributed by atoms with Gasteiger partial charge in [-0.05, 0) is 36.8 Å². The largest absolute Gasteiger partial charge is 0.339 e. The maximum atomic E-state index is 12.0. The quantitative estimate of drug-likeness (QED) is 0.781. The number of nitrogens with zero attached hydrogens (tertiary/aromatic N) is 1. The molecule has 1 aliphatic rings. The Kier molecular flexibility index (Phi) is 3.82. The van der Waals surface area contributed by atoms with Gasteiger partial charge in [0.15, 0.2) is 0 Å². The van der Waals surface area contributed by atoms with Gasteiger partial charge in [-0.2, -0.15) is 0 Å². The zero-order valence-corrected chi connectivity index (χ0v) is 10.8. The third-order valence-corrected chi connectivity index (χ3v) is 3.66. The van der Waals surface area contributed by atoms with Crippen LogP contribution in [0.25, 0.3) is 0 Å². The summed E-state index contributed by atoms with van der Waals surface area (Å²) in [5.41, 5.74) is 2.77. The number of hydrogen-bond donors (Lipinski definition) is 0. The SMILES string of the molecule is CCCC(=O)N(C)[C@@H]1CCCc2ccccc21. The van der Waals surface area contributed by atoms with E-state index in [9.17, 15) is 4.79 Å². The van der Waals surface area contributed by atoms with Gasteiger partial charge in [-0.25, -0.2) is 0 Å². The van der Waals surface area contributed by atoms with E-state index in [-0.39, 0.29) is 5.91 Å². The lowest BCUT2D eigenvalue weighted by Gasteiger charge is -2.33. The molecule has 1 aliphatic carbocycles. The van der Waals surface area contributed by atoms with Crippen molar-refractivity contribution in [2.75, 3.05) is 7.05 Å². The van der Waals surface area contributed by atoms with Gasteiger partial charge in [0, 0.05) is 13.5 Å². The minimum atomic E-state index is 0.272. The lowest BCUT2D eigenvalue weighted by Crippen LogP contribution is -2.33. The summed E-state index contributed by atoms with van der Waals surface area (Å²) < 4.78 is 0. The Hall–Kier alpha value is -1.31. The molecule has 2 nitrogen and oxygen atoms in total. The van der Waals surface area contributed by atoms with E-state index >= 15 is 0 Å². The highest BCUT2D eigenvalue weighted by Gasteiger charge is 2.25. The molecule has 1 atom stereocenters. The monoisotopic (exact) mass is 231 g/mol. The molecule has 0 N–H and O–H groups in total. The molecule has 0 spiro atoms. The molecule has 92 valence electrons. The molecule has 2 heteroatoms. The van der Waals surface area contributed by atoms with Crippen LogP contribution < -0.4 is 0 Å². The van der Waals surface area contributed by atoms with Crippen LogP contribution in [0.3, 0.4) is 0 Å². The van der Waals surface area contributed by atoms with E-state index in [1.807, 2.05) is 11.9 Å². The number of carbonyl (C=O) groups is 1. The van der Waals surface area contributed by atoms with Gasteiger partial charge in [0.05, 0.1) is 6.04 Å². The van der Waals surface area contributed by atoms with Gasteiger partial charge in [-0.15, -0.1) is 0 Å². The van der Waals surface area contributed by atoms with Crippen molar-refractivity contribution in [2.24, 2.45) is 0 Å². The first-order chi connectivity index (χ1) is 8.24. The summed E-state index contributed by atoms with van der Waals surface area (Å²) in [6.07, 6.45) is 5.03. The van der Waals surface area contributed by atoms with Crippen LogP contribution in [0.4, 0.5) is 0 Å². The van der Waals surface area contributed by atoms with Crippen molar-refractivity contribution in [1.82, 2.24) is 4.90 Å². The van der Waals surface area contributed by atoms with Crippen molar-refractivity contribution in [1.29, 1.82) is 0 Å². The highest BCUT2D eigenvalue weighted by atomic mass is 16.2. The fourth-order valence-electron chi connectivity index (χ4n) is 2.69. The standard InChI is InChI=1S/C15H21NO/c1-3-7-15(17)16(2)14-11-6-9-12-8-4-5-10-13(12)14/h4-5,8,10,14H,3,6-7,9,11H2,1-2H3/t14-/m1/s1. The molecule has 1 amide bonds. The van der Waals surface area contributed by atoms with Crippen molar-refractivity contribution >= 4 is 5.91 Å². The maximum absolute atomic E-state index is 12.0. The Balaban J connectivity index is 2.20. The summed E-state index contributed by atoms with van der Waals surface area (Å²) in [7, 11) is 1.95. The minimum Gasteiger partial charge on any atom is -0.339 e. The minimum absolute atomic E-state index is 0.272. The van der Waals surface area contributed by atoms with E-state index < -0.39 is 0 Å². The molecule has 0 bridgehead atoms. The predicted molar refractivity (Wildman–Crippen MR) is 69.8 cm³/mol. The van der Waals surface area contributed by atoms with Crippen LogP contribution in [0, 0.1) is 0 Å². The maximum Gasteiger partial charge on any atom is 0.222 e. The molecule has 2 rings (SSSR count). The summed E-state index contributed by atoms with van der Waals surface area (Å²) >= 11 is 0. The highest BCUT2D eigenvalue weighted by Crippen LogP contribution is 2.33. The molecule has 1 aromatic carbocycles. The molecule has 0 saturated carbocycles. The molecular weight excluding hydrogens is 210 g/mol. The van der Waals surface area contributed by atoms with Crippen LogP contribution in [0.5, 0.6) is 0 Å². The fraction of sp³-hybridized carbons (Fsp3) is 0.533. The normalized spacial score (nSPS) is 18.6. The molecule has 0 fully saturated rings. The second-order valence-corrected chi connectivity index (χ2v) is 4.86. The van der Waals surface area contributed by atoms with Gasteiger partial charge in [0.2, 0.25) is 5.91 Å². The Labute approximate surface area is 104 Å². The van der Waals surface area contributed by atoms with E-state index in [1.54, 1.807) is 0 Å². The van der Waals surface area contributed by atoms with Crippen molar-refractivity contribution in [3.63, 3.8) is 0 Å². The molecule has 0 aromatic heterocycles. The van der Waals surface area contributed by atoms with E-state index in [1.165, 1.54) is 17.5 Å². The Morgan fingerprint density at radius 3 is 2.94 bits per heavy atom. The Morgan fingerprint density at radius 1 is 1.41 bits per heavy atom. The smallest absolute Gasteiger partial charge is 0.222 e. The summed E-state index contributed by atoms with van der Waals surface area (Å²) in [5, 5.41) is 0. The highest BCUT2D eigenvalue weighted by molar-refractivity contribution is 5.76. The van der Waals surface area contributed by atoms with Crippen LogP contribution in [0.15, 0.2) is 24.3 Å². The second kappa shape index (κ2) is 5.35. The Morgan fingerprint density at radius 2 is 2.18 bits per heavy atom. The van der Waals surface area contributed by atoms with Gasteiger partial charge in [0.25, 0.3) is 0 Å². The number of hydrogen-bond acceptors (Lipinski definition) is 1. The lowest BCUT2D eigenvalue weighted by molar-refractivity contribution is -0.132. The topological polar surface area (TPSA) is 20.3 Å². The summed E-state index contributed by atoms with van der Waals surface area (Å²) in [4.78, 5) is 13.9. The number of carbonyl (C=O) groups excluding carboxylic acids is 1. The number of aryl methyl sites for hydroxylation is 1. The van der Waals surface area contributed by atoms with E-state index in [0.29, 0.717) is 12.5 Å². The zero-order valence-electron chi connectivity index (χ0n) is 10.8. The fourth-order valence-corrected chi connectivity index (χ4v) is 2.69. The molecule has 0 aliphatic heterocycles. The first-order valence-electron chi connectivity index (χ1n) is 6.57. The average Bonchev–Trinajstić information content (AvgIpc) is 2.37. The molecule has 17 heavy (non-hydrogen) atoms. The number of amides is 1. The summed E-state index contributed by atoms with van der Waals surface area (Å²) in [6.45, 7) is 2.06. The molecule has 0 heterocycles. The molecular formula is C15H21NO. The first kappa shape index (κ1) is 12.2. The van der Waals surface area contributed by atoms with E-state index in [2.05, 4.69) is 31.2 Å². The number of benzene rings is 1. The molecule has 0 unspecified atom stereocenters. The summed E-state index contributed by atoms with van der Waals surface area (Å²) in [5.74, 6) is 0.272. The van der Waals surface area contributed by atoms with Crippen LogP contribution in [0.1, 0.15) is 49.8 Å². The summed E-state index contributed by atoms with van der Waals surface area (Å²) in [6, 6.07) is 8.83. The molecule has 0 radical (unpaired) electrons. The zero-order chi connectivity index (χ0) is 12.3. The van der Waals surface area contributed by atoms with Crippen molar-refractivity contribution in [3.05, 3.63) is 35.4 Å². The second-order valence-electron chi connectivity index (χ2n) is 4.86. The number of fused-ring (bicyclic) bond motifs is 1. The van der Waals surface area contributed by atoms with Crippen LogP contribution in [0.2, 0.25) is 0 Å². The van der Waals surface area contributed by atoms with Crippen LogP contribution in [-0.4, -0.2) is 17.9 Å². The molecule has 1 aromatic rings. The number of rotatable bonds is 3.